The van der Waals surface area contributed by atoms with Gasteiger partial charge < -0.3 is 9.52 Å². The Morgan fingerprint density at radius 3 is 2.76 bits per heavy atom. The molecule has 7 atom stereocenters. The zero-order valence-corrected chi connectivity index (χ0v) is 15.5. The summed E-state index contributed by atoms with van der Waals surface area (Å²) in [5.41, 5.74) is 1.47. The van der Waals surface area contributed by atoms with Gasteiger partial charge in [-0.1, -0.05) is 6.92 Å². The zero-order chi connectivity index (χ0) is 17.3. The van der Waals surface area contributed by atoms with E-state index in [-0.39, 0.29) is 17.3 Å². The molecule has 5 rings (SSSR count). The van der Waals surface area contributed by atoms with Crippen molar-refractivity contribution in [3.05, 3.63) is 23.2 Å². The number of aliphatic hydroxyl groups excluding tert-OH is 1. The van der Waals surface area contributed by atoms with Gasteiger partial charge in [0.25, 0.3) is 0 Å². The summed E-state index contributed by atoms with van der Waals surface area (Å²) in [4.78, 5) is 11.7. The van der Waals surface area contributed by atoms with E-state index in [1.807, 2.05) is 6.07 Å². The molecule has 3 saturated carbocycles. The maximum atomic E-state index is 11.7. The molecule has 1 aromatic rings. The Labute approximate surface area is 150 Å². The topological polar surface area (TPSA) is 50.4 Å². The predicted molar refractivity (Wildman–Crippen MR) is 95.4 cm³/mol. The van der Waals surface area contributed by atoms with E-state index in [1.54, 1.807) is 6.92 Å². The smallest absolute Gasteiger partial charge is 0.194 e. The molecule has 4 aliphatic carbocycles. The molecule has 0 aromatic carbocycles. The first-order valence-electron chi connectivity index (χ1n) is 10.3. The van der Waals surface area contributed by atoms with Crippen LogP contribution in [0.1, 0.15) is 74.3 Å². The summed E-state index contributed by atoms with van der Waals surface area (Å²) in [6, 6.07) is 2.02. The van der Waals surface area contributed by atoms with Crippen molar-refractivity contribution in [3.8, 4) is 0 Å². The van der Waals surface area contributed by atoms with Gasteiger partial charge in [-0.05, 0) is 91.6 Å². The van der Waals surface area contributed by atoms with Crippen LogP contribution >= 0.6 is 0 Å². The fourth-order valence-electron chi connectivity index (χ4n) is 7.26. The summed E-state index contributed by atoms with van der Waals surface area (Å²) in [6.07, 6.45) is 9.38. The zero-order valence-electron chi connectivity index (χ0n) is 15.5. The molecule has 0 amide bonds. The number of furan rings is 1. The van der Waals surface area contributed by atoms with Gasteiger partial charge in [-0.2, -0.15) is 0 Å². The maximum absolute atomic E-state index is 11.7. The molecule has 3 fully saturated rings. The molecule has 3 nitrogen and oxygen atoms in total. The minimum absolute atomic E-state index is 0.0450. The quantitative estimate of drug-likeness (QED) is 0.769. The minimum Gasteiger partial charge on any atom is -0.458 e. The molecule has 4 aliphatic rings. The molecule has 0 spiro atoms. The van der Waals surface area contributed by atoms with Gasteiger partial charge in [-0.3, -0.25) is 4.79 Å². The van der Waals surface area contributed by atoms with Crippen LogP contribution in [0.5, 0.6) is 0 Å². The number of carbonyl (C=O) groups excluding carboxylic acids is 1. The van der Waals surface area contributed by atoms with E-state index in [0.717, 1.165) is 54.6 Å². The predicted octanol–water partition coefficient (Wildman–Crippen LogP) is 4.41. The largest absolute Gasteiger partial charge is 0.458 e. The van der Waals surface area contributed by atoms with Crippen molar-refractivity contribution < 1.29 is 14.3 Å². The summed E-state index contributed by atoms with van der Waals surface area (Å²) in [5.74, 6) is 5.51. The van der Waals surface area contributed by atoms with Crippen LogP contribution < -0.4 is 0 Å². The van der Waals surface area contributed by atoms with Crippen LogP contribution in [0.3, 0.4) is 0 Å². The summed E-state index contributed by atoms with van der Waals surface area (Å²) < 4.78 is 5.87. The number of hydrogen-bond donors (Lipinski definition) is 1. The fourth-order valence-corrected chi connectivity index (χ4v) is 7.26. The lowest BCUT2D eigenvalue weighted by atomic mass is 9.50. The van der Waals surface area contributed by atoms with E-state index in [4.69, 9.17) is 4.42 Å². The number of ketones is 1. The molecule has 136 valence electrons. The lowest BCUT2D eigenvalue weighted by Crippen LogP contribution is -2.49. The highest BCUT2D eigenvalue weighted by molar-refractivity contribution is 5.91. The summed E-state index contributed by atoms with van der Waals surface area (Å²) >= 11 is 0. The molecule has 3 heteroatoms. The van der Waals surface area contributed by atoms with Gasteiger partial charge in [0.05, 0.1) is 6.10 Å². The SMILES string of the molecule is CC(=O)c1cc2c(o1)C[C@@H]1CCC3C(CC[C@@]4(C)C3CC[C@@H]4O)[C@H]1C2. The van der Waals surface area contributed by atoms with Crippen molar-refractivity contribution >= 4 is 5.78 Å². The van der Waals surface area contributed by atoms with Crippen molar-refractivity contribution in [2.45, 2.75) is 71.3 Å². The Bertz CT molecular complexity index is 704. The van der Waals surface area contributed by atoms with Gasteiger partial charge in [0.2, 0.25) is 0 Å². The minimum atomic E-state index is -0.0823. The fraction of sp³-hybridized carbons (Fsp3) is 0.773. The maximum Gasteiger partial charge on any atom is 0.194 e. The van der Waals surface area contributed by atoms with E-state index in [0.29, 0.717) is 5.76 Å². The van der Waals surface area contributed by atoms with Crippen LogP contribution in [0.25, 0.3) is 0 Å². The van der Waals surface area contributed by atoms with E-state index in [1.165, 1.54) is 37.7 Å². The molecule has 0 aliphatic heterocycles. The molecule has 0 saturated heterocycles. The van der Waals surface area contributed by atoms with Crippen molar-refractivity contribution in [3.63, 3.8) is 0 Å². The second-order valence-electron chi connectivity index (χ2n) is 9.60. The van der Waals surface area contributed by atoms with Crippen LogP contribution in [-0.4, -0.2) is 17.0 Å². The van der Waals surface area contributed by atoms with Crippen molar-refractivity contribution in [1.29, 1.82) is 0 Å². The standard InChI is InChI=1S/C22H30O3/c1-12(23)19-11-14-9-17-13(10-20(14)25-19)3-4-16-15(17)7-8-22(2)18(16)5-6-21(22)24/h11,13,15-18,21,24H,3-10H2,1-2H3/t13-,15?,16?,17-,18?,21-,22-/m0/s1. The summed E-state index contributed by atoms with van der Waals surface area (Å²) in [5, 5.41) is 10.5. The number of aliphatic hydroxyl groups is 1. The lowest BCUT2D eigenvalue weighted by molar-refractivity contribution is -0.0758. The van der Waals surface area contributed by atoms with Gasteiger partial charge in [-0.25, -0.2) is 0 Å². The second-order valence-corrected chi connectivity index (χ2v) is 9.60. The first kappa shape index (κ1) is 16.1. The van der Waals surface area contributed by atoms with Crippen LogP contribution in [-0.2, 0) is 12.8 Å². The van der Waals surface area contributed by atoms with Gasteiger partial charge in [0, 0.05) is 13.3 Å². The Hall–Kier alpha value is -1.09. The average Bonchev–Trinajstić information content (AvgIpc) is 3.14. The van der Waals surface area contributed by atoms with Crippen LogP contribution in [0.4, 0.5) is 0 Å². The number of rotatable bonds is 1. The van der Waals surface area contributed by atoms with Crippen molar-refractivity contribution in [2.75, 3.05) is 0 Å². The van der Waals surface area contributed by atoms with Gasteiger partial charge in [-0.15, -0.1) is 0 Å². The van der Waals surface area contributed by atoms with Gasteiger partial charge in [0.15, 0.2) is 11.5 Å². The highest BCUT2D eigenvalue weighted by atomic mass is 16.3. The number of carbonyl (C=O) groups is 1. The normalized spacial score (nSPS) is 45.2. The van der Waals surface area contributed by atoms with Crippen molar-refractivity contribution in [2.24, 2.45) is 35.0 Å². The number of Topliss-reactive ketones (excluding diaryl/α,β-unsaturated/α-hetero) is 1. The summed E-state index contributed by atoms with van der Waals surface area (Å²) in [6.45, 7) is 3.95. The third-order valence-corrected chi connectivity index (χ3v) is 8.62. The van der Waals surface area contributed by atoms with E-state index in [2.05, 4.69) is 6.92 Å². The second kappa shape index (κ2) is 5.45. The summed E-state index contributed by atoms with van der Waals surface area (Å²) in [7, 11) is 0. The van der Waals surface area contributed by atoms with Crippen molar-refractivity contribution in [1.82, 2.24) is 0 Å². The number of fused-ring (bicyclic) bond motifs is 6. The van der Waals surface area contributed by atoms with Gasteiger partial charge >= 0.3 is 0 Å². The van der Waals surface area contributed by atoms with E-state index in [9.17, 15) is 9.90 Å². The molecule has 1 aromatic heterocycles. The van der Waals surface area contributed by atoms with E-state index < -0.39 is 0 Å². The monoisotopic (exact) mass is 342 g/mol. The third kappa shape index (κ3) is 2.24. The Balaban J connectivity index is 1.43. The number of hydrogen-bond acceptors (Lipinski definition) is 3. The Morgan fingerprint density at radius 1 is 1.12 bits per heavy atom. The first-order chi connectivity index (χ1) is 12.0. The molecular weight excluding hydrogens is 312 g/mol. The molecule has 1 heterocycles. The molecular formula is C22H30O3. The third-order valence-electron chi connectivity index (χ3n) is 8.62. The average molecular weight is 342 g/mol. The van der Waals surface area contributed by atoms with Crippen LogP contribution in [0, 0.1) is 35.0 Å². The van der Waals surface area contributed by atoms with Crippen LogP contribution in [0.15, 0.2) is 10.5 Å². The highest BCUT2D eigenvalue weighted by Crippen LogP contribution is 2.62. The molecule has 1 N–H and O–H groups in total. The Kier molecular flexibility index (Phi) is 3.51. The van der Waals surface area contributed by atoms with Gasteiger partial charge in [0.1, 0.15) is 5.76 Å². The Morgan fingerprint density at radius 2 is 1.96 bits per heavy atom. The molecule has 25 heavy (non-hydrogen) atoms. The lowest BCUT2D eigenvalue weighted by Gasteiger charge is -2.55. The molecule has 3 unspecified atom stereocenters. The highest BCUT2D eigenvalue weighted by Gasteiger charge is 2.56. The van der Waals surface area contributed by atoms with Crippen LogP contribution in [0.2, 0.25) is 0 Å². The molecule has 0 radical (unpaired) electrons. The van der Waals surface area contributed by atoms with E-state index >= 15 is 0 Å². The first-order valence-corrected chi connectivity index (χ1v) is 10.3. The molecule has 0 bridgehead atoms.